The molecule has 1 aromatic rings. The van der Waals surface area contributed by atoms with E-state index in [0.29, 0.717) is 36.7 Å². The number of hydrogen-bond donors (Lipinski definition) is 0. The Hall–Kier alpha value is -1.16. The Balaban J connectivity index is 1.74. The first-order valence-electron chi connectivity index (χ1n) is 7.79. The van der Waals surface area contributed by atoms with Gasteiger partial charge in [0.2, 0.25) is 0 Å². The van der Waals surface area contributed by atoms with Crippen molar-refractivity contribution in [2.45, 2.75) is 65.0 Å². The Morgan fingerprint density at radius 2 is 2.25 bits per heavy atom. The molecule has 1 aliphatic carbocycles. The molecule has 0 bridgehead atoms. The van der Waals surface area contributed by atoms with E-state index in [4.69, 9.17) is 4.74 Å². The van der Waals surface area contributed by atoms with E-state index in [1.165, 1.54) is 0 Å². The second-order valence-electron chi connectivity index (χ2n) is 5.88. The van der Waals surface area contributed by atoms with Crippen LogP contribution in [-0.2, 0) is 16.0 Å². The molecular weight excluding hydrogens is 252 g/mol. The Bertz CT molecular complexity index is 435. The predicted molar refractivity (Wildman–Crippen MR) is 78.7 cm³/mol. The van der Waals surface area contributed by atoms with Crippen molar-refractivity contribution in [2.75, 3.05) is 6.61 Å². The maximum absolute atomic E-state index is 12.0. The van der Waals surface area contributed by atoms with Crippen LogP contribution in [-0.4, -0.2) is 28.3 Å². The first-order valence-corrected chi connectivity index (χ1v) is 7.79. The third kappa shape index (κ3) is 3.92. The van der Waals surface area contributed by atoms with Crippen LogP contribution < -0.4 is 0 Å². The SMILES string of the molecule is CCOC1CC(CC(=O)Cc2ccn(C(C)CC)n2)C1. The van der Waals surface area contributed by atoms with Gasteiger partial charge in [0.05, 0.1) is 18.2 Å². The number of Topliss-reactive ketones (excluding diaryl/α,β-unsaturated/α-hetero) is 1. The first-order chi connectivity index (χ1) is 9.62. The third-order valence-corrected chi connectivity index (χ3v) is 4.20. The van der Waals surface area contributed by atoms with Gasteiger partial charge < -0.3 is 4.74 Å². The fraction of sp³-hybridized carbons (Fsp3) is 0.750. The minimum atomic E-state index is 0.305. The molecule has 1 unspecified atom stereocenters. The zero-order valence-corrected chi connectivity index (χ0v) is 12.8. The summed E-state index contributed by atoms with van der Waals surface area (Å²) in [5.74, 6) is 0.829. The molecule has 0 aromatic carbocycles. The van der Waals surface area contributed by atoms with Gasteiger partial charge in [-0.2, -0.15) is 5.10 Å². The number of rotatable bonds is 8. The van der Waals surface area contributed by atoms with Crippen molar-refractivity contribution >= 4 is 5.78 Å². The van der Waals surface area contributed by atoms with Crippen LogP contribution in [0.15, 0.2) is 12.3 Å². The molecule has 4 heteroatoms. The maximum Gasteiger partial charge on any atom is 0.139 e. The van der Waals surface area contributed by atoms with Crippen LogP contribution in [0.5, 0.6) is 0 Å². The summed E-state index contributed by atoms with van der Waals surface area (Å²) in [4.78, 5) is 12.0. The van der Waals surface area contributed by atoms with Crippen molar-refractivity contribution < 1.29 is 9.53 Å². The highest BCUT2D eigenvalue weighted by atomic mass is 16.5. The first kappa shape index (κ1) is 15.2. The van der Waals surface area contributed by atoms with Crippen LogP contribution >= 0.6 is 0 Å². The molecule has 0 radical (unpaired) electrons. The Kier molecular flexibility index (Phi) is 5.35. The van der Waals surface area contributed by atoms with Gasteiger partial charge in [0.15, 0.2) is 0 Å². The highest BCUT2D eigenvalue weighted by Crippen LogP contribution is 2.33. The van der Waals surface area contributed by atoms with Gasteiger partial charge in [0.1, 0.15) is 5.78 Å². The van der Waals surface area contributed by atoms with Crippen molar-refractivity contribution in [3.63, 3.8) is 0 Å². The summed E-state index contributed by atoms with van der Waals surface area (Å²) in [7, 11) is 0. The molecule has 1 atom stereocenters. The quantitative estimate of drug-likeness (QED) is 0.733. The second-order valence-corrected chi connectivity index (χ2v) is 5.88. The largest absolute Gasteiger partial charge is 0.378 e. The van der Waals surface area contributed by atoms with Crippen LogP contribution in [0.4, 0.5) is 0 Å². The molecule has 20 heavy (non-hydrogen) atoms. The van der Waals surface area contributed by atoms with E-state index in [1.54, 1.807) is 0 Å². The summed E-state index contributed by atoms with van der Waals surface area (Å²) in [6.45, 7) is 7.08. The van der Waals surface area contributed by atoms with Crippen molar-refractivity contribution in [1.82, 2.24) is 9.78 Å². The van der Waals surface area contributed by atoms with Crippen LogP contribution in [0.2, 0.25) is 0 Å². The average molecular weight is 278 g/mol. The molecular formula is C16H26N2O2. The standard InChI is InChI=1S/C16H26N2O2/c1-4-12(3)18-7-6-14(17-18)11-15(19)8-13-9-16(10-13)20-5-2/h6-7,12-13,16H,4-5,8-11H2,1-3H3. The van der Waals surface area contributed by atoms with Crippen molar-refractivity contribution in [1.29, 1.82) is 0 Å². The fourth-order valence-corrected chi connectivity index (χ4v) is 2.71. The van der Waals surface area contributed by atoms with E-state index in [2.05, 4.69) is 18.9 Å². The molecule has 0 spiro atoms. The summed E-state index contributed by atoms with van der Waals surface area (Å²) in [5.41, 5.74) is 0.899. The van der Waals surface area contributed by atoms with Gasteiger partial charge in [-0.3, -0.25) is 9.48 Å². The van der Waals surface area contributed by atoms with E-state index < -0.39 is 0 Å². The second kappa shape index (κ2) is 7.02. The highest BCUT2D eigenvalue weighted by Gasteiger charge is 2.30. The van der Waals surface area contributed by atoms with Gasteiger partial charge in [0, 0.05) is 25.3 Å². The number of ketones is 1. The lowest BCUT2D eigenvalue weighted by Crippen LogP contribution is -2.33. The maximum atomic E-state index is 12.0. The van der Waals surface area contributed by atoms with Crippen LogP contribution in [0.25, 0.3) is 0 Å². The van der Waals surface area contributed by atoms with E-state index in [-0.39, 0.29) is 0 Å². The molecule has 0 N–H and O–H groups in total. The lowest BCUT2D eigenvalue weighted by molar-refractivity contribution is -0.121. The Labute approximate surface area is 121 Å². The summed E-state index contributed by atoms with van der Waals surface area (Å²) in [6.07, 6.45) is 6.66. The molecule has 4 nitrogen and oxygen atoms in total. The van der Waals surface area contributed by atoms with E-state index >= 15 is 0 Å². The van der Waals surface area contributed by atoms with Crippen LogP contribution in [0.3, 0.4) is 0 Å². The molecule has 1 heterocycles. The lowest BCUT2D eigenvalue weighted by atomic mass is 9.78. The summed E-state index contributed by atoms with van der Waals surface area (Å²) in [6, 6.07) is 2.37. The number of aromatic nitrogens is 2. The molecule has 1 aromatic heterocycles. The predicted octanol–water partition coefficient (Wildman–Crippen LogP) is 3.17. The Morgan fingerprint density at radius 3 is 2.90 bits per heavy atom. The van der Waals surface area contributed by atoms with E-state index in [1.807, 2.05) is 23.9 Å². The minimum absolute atomic E-state index is 0.305. The van der Waals surface area contributed by atoms with Gasteiger partial charge in [-0.25, -0.2) is 0 Å². The Morgan fingerprint density at radius 1 is 1.50 bits per heavy atom. The molecule has 112 valence electrons. The van der Waals surface area contributed by atoms with Crippen LogP contribution in [0, 0.1) is 5.92 Å². The molecule has 0 saturated heterocycles. The van der Waals surface area contributed by atoms with Crippen molar-refractivity contribution in [3.8, 4) is 0 Å². The molecule has 0 amide bonds. The van der Waals surface area contributed by atoms with Gasteiger partial charge in [0.25, 0.3) is 0 Å². The zero-order valence-electron chi connectivity index (χ0n) is 12.8. The third-order valence-electron chi connectivity index (χ3n) is 4.20. The topological polar surface area (TPSA) is 44.1 Å². The number of carbonyl (C=O) groups is 1. The van der Waals surface area contributed by atoms with Gasteiger partial charge in [-0.05, 0) is 45.1 Å². The summed E-state index contributed by atoms with van der Waals surface area (Å²) >= 11 is 0. The van der Waals surface area contributed by atoms with Crippen molar-refractivity contribution in [3.05, 3.63) is 18.0 Å². The summed E-state index contributed by atoms with van der Waals surface area (Å²) < 4.78 is 7.48. The van der Waals surface area contributed by atoms with Crippen molar-refractivity contribution in [2.24, 2.45) is 5.92 Å². The molecule has 1 fully saturated rings. The zero-order chi connectivity index (χ0) is 14.5. The smallest absolute Gasteiger partial charge is 0.139 e. The van der Waals surface area contributed by atoms with Gasteiger partial charge in [-0.1, -0.05) is 6.92 Å². The van der Waals surface area contributed by atoms with E-state index in [9.17, 15) is 4.79 Å². The highest BCUT2D eigenvalue weighted by molar-refractivity contribution is 5.80. The number of carbonyl (C=O) groups excluding carboxylic acids is 1. The summed E-state index contributed by atoms with van der Waals surface area (Å²) in [5, 5.41) is 4.49. The number of hydrogen-bond acceptors (Lipinski definition) is 3. The van der Waals surface area contributed by atoms with Gasteiger partial charge >= 0.3 is 0 Å². The lowest BCUT2D eigenvalue weighted by Gasteiger charge is -2.34. The molecule has 0 aliphatic heterocycles. The van der Waals surface area contributed by atoms with Crippen LogP contribution in [0.1, 0.15) is 58.2 Å². The molecule has 2 rings (SSSR count). The number of ether oxygens (including phenoxy) is 1. The normalized spacial score (nSPS) is 23.4. The monoisotopic (exact) mass is 278 g/mol. The molecule has 1 saturated carbocycles. The number of nitrogens with zero attached hydrogens (tertiary/aromatic N) is 2. The fourth-order valence-electron chi connectivity index (χ4n) is 2.71. The van der Waals surface area contributed by atoms with Gasteiger partial charge in [-0.15, -0.1) is 0 Å². The average Bonchev–Trinajstić information content (AvgIpc) is 2.83. The molecule has 1 aliphatic rings. The van der Waals surface area contributed by atoms with E-state index in [0.717, 1.165) is 31.6 Å². The minimum Gasteiger partial charge on any atom is -0.378 e.